The predicted octanol–water partition coefficient (Wildman–Crippen LogP) is 3.39. The van der Waals surface area contributed by atoms with Crippen molar-refractivity contribution in [3.8, 4) is 0 Å². The largest absolute Gasteiger partial charge is 0.355 e. The molecule has 1 aliphatic heterocycles. The highest BCUT2D eigenvalue weighted by atomic mass is 16.2. The molecule has 2 heterocycles. The number of hydrogen-bond donors (Lipinski definition) is 1. The second-order valence-electron chi connectivity index (χ2n) is 8.18. The molecule has 0 atom stereocenters. The smallest absolute Gasteiger partial charge is 0.239 e. The first-order chi connectivity index (χ1) is 14.1. The van der Waals surface area contributed by atoms with E-state index in [4.69, 9.17) is 0 Å². The molecule has 0 unspecified atom stereocenters. The van der Waals surface area contributed by atoms with Gasteiger partial charge in [0.15, 0.2) is 5.43 Å². The van der Waals surface area contributed by atoms with Crippen LogP contribution in [0, 0.1) is 5.92 Å². The number of nitrogens with zero attached hydrogens (tertiary/aromatic N) is 2. The van der Waals surface area contributed by atoms with Gasteiger partial charge in [-0.15, -0.1) is 0 Å². The molecule has 0 aliphatic carbocycles. The van der Waals surface area contributed by atoms with Crippen LogP contribution in [0.15, 0.2) is 53.3 Å². The van der Waals surface area contributed by atoms with Gasteiger partial charge in [0.1, 0.15) is 6.54 Å². The molecule has 0 radical (unpaired) electrons. The summed E-state index contributed by atoms with van der Waals surface area (Å²) >= 11 is 0. The van der Waals surface area contributed by atoms with E-state index in [1.54, 1.807) is 0 Å². The molecular weight excluding hydrogens is 362 g/mol. The van der Waals surface area contributed by atoms with E-state index in [0.717, 1.165) is 29.9 Å². The number of aromatic nitrogens is 1. The molecule has 1 N–H and O–H groups in total. The van der Waals surface area contributed by atoms with Gasteiger partial charge in [0, 0.05) is 17.3 Å². The number of piperidine rings is 1. The maximum Gasteiger partial charge on any atom is 0.239 e. The molecule has 1 aliphatic rings. The first kappa shape index (κ1) is 19.6. The first-order valence-electron chi connectivity index (χ1n) is 10.6. The van der Waals surface area contributed by atoms with E-state index in [1.807, 2.05) is 53.1 Å². The van der Waals surface area contributed by atoms with Gasteiger partial charge in [-0.1, -0.05) is 31.2 Å². The Bertz CT molecular complexity index is 1000. The number of fused-ring (bicyclic) bond motifs is 2. The third-order valence-electron chi connectivity index (χ3n) is 6.03. The summed E-state index contributed by atoms with van der Waals surface area (Å²) in [4.78, 5) is 27.9. The Balaban J connectivity index is 1.44. The average molecular weight is 392 g/mol. The minimum Gasteiger partial charge on any atom is -0.355 e. The van der Waals surface area contributed by atoms with Crippen molar-refractivity contribution in [3.63, 3.8) is 0 Å². The second kappa shape index (κ2) is 8.78. The van der Waals surface area contributed by atoms with E-state index in [9.17, 15) is 9.59 Å². The Labute approximate surface area is 171 Å². The number of carbonyl (C=O) groups excluding carboxylic acids is 1. The fourth-order valence-corrected chi connectivity index (χ4v) is 4.26. The Kier molecular flexibility index (Phi) is 5.95. The van der Waals surface area contributed by atoms with Crippen LogP contribution < -0.4 is 10.7 Å². The van der Waals surface area contributed by atoms with Crippen molar-refractivity contribution < 1.29 is 4.79 Å². The lowest BCUT2D eigenvalue weighted by Gasteiger charge is -2.30. The summed E-state index contributed by atoms with van der Waals surface area (Å²) in [5.74, 6) is 0.823. The quantitative estimate of drug-likeness (QED) is 0.518. The van der Waals surface area contributed by atoms with Gasteiger partial charge < -0.3 is 14.8 Å². The number of nitrogens with one attached hydrogen (secondary N) is 1. The van der Waals surface area contributed by atoms with E-state index >= 15 is 0 Å². The number of para-hydroxylation sites is 2. The third kappa shape index (κ3) is 4.35. The summed E-state index contributed by atoms with van der Waals surface area (Å²) < 4.78 is 1.95. The van der Waals surface area contributed by atoms with Gasteiger partial charge in [-0.25, -0.2) is 0 Å². The van der Waals surface area contributed by atoms with Gasteiger partial charge in [0.2, 0.25) is 5.91 Å². The van der Waals surface area contributed by atoms with Crippen LogP contribution >= 0.6 is 0 Å². The van der Waals surface area contributed by atoms with Crippen LogP contribution in [0.2, 0.25) is 0 Å². The average Bonchev–Trinajstić information content (AvgIpc) is 2.75. The third-order valence-corrected chi connectivity index (χ3v) is 6.03. The van der Waals surface area contributed by atoms with Crippen LogP contribution in [0.25, 0.3) is 21.8 Å². The number of likely N-dealkylation sites (tertiary alicyclic amines) is 1. The van der Waals surface area contributed by atoms with E-state index < -0.39 is 0 Å². The van der Waals surface area contributed by atoms with Crippen molar-refractivity contribution in [2.75, 3.05) is 26.2 Å². The lowest BCUT2D eigenvalue weighted by atomic mass is 9.99. The summed E-state index contributed by atoms with van der Waals surface area (Å²) in [6, 6.07) is 15.0. The number of rotatable bonds is 6. The minimum absolute atomic E-state index is 0.0173. The second-order valence-corrected chi connectivity index (χ2v) is 8.18. The highest BCUT2D eigenvalue weighted by Crippen LogP contribution is 2.19. The van der Waals surface area contributed by atoms with Crippen molar-refractivity contribution >= 4 is 27.7 Å². The number of hydrogen-bond acceptors (Lipinski definition) is 3. The molecule has 5 nitrogen and oxygen atoms in total. The molecule has 0 bridgehead atoms. The van der Waals surface area contributed by atoms with Gasteiger partial charge in [0.05, 0.1) is 11.0 Å². The van der Waals surface area contributed by atoms with Crippen LogP contribution in [-0.4, -0.2) is 41.6 Å². The minimum atomic E-state index is -0.0174. The summed E-state index contributed by atoms with van der Waals surface area (Å²) in [6.45, 7) is 6.59. The normalized spacial score (nSPS) is 15.8. The van der Waals surface area contributed by atoms with Crippen LogP contribution in [0.1, 0.15) is 26.2 Å². The number of carbonyl (C=O) groups is 1. The van der Waals surface area contributed by atoms with Crippen molar-refractivity contribution in [1.29, 1.82) is 0 Å². The fraction of sp³-hybridized carbons (Fsp3) is 0.417. The summed E-state index contributed by atoms with van der Waals surface area (Å²) in [6.07, 6.45) is 3.52. The summed E-state index contributed by atoms with van der Waals surface area (Å²) in [7, 11) is 0. The summed E-state index contributed by atoms with van der Waals surface area (Å²) in [5, 5.41) is 4.36. The zero-order valence-electron chi connectivity index (χ0n) is 17.1. The van der Waals surface area contributed by atoms with Crippen LogP contribution in [0.5, 0.6) is 0 Å². The Morgan fingerprint density at radius 3 is 2.21 bits per heavy atom. The van der Waals surface area contributed by atoms with E-state index in [1.165, 1.54) is 25.9 Å². The van der Waals surface area contributed by atoms with E-state index in [-0.39, 0.29) is 17.9 Å². The predicted molar refractivity (Wildman–Crippen MR) is 118 cm³/mol. The fourth-order valence-electron chi connectivity index (χ4n) is 4.26. The molecule has 1 fully saturated rings. The van der Waals surface area contributed by atoms with Crippen LogP contribution in [-0.2, 0) is 11.3 Å². The summed E-state index contributed by atoms with van der Waals surface area (Å²) in [5.41, 5.74) is 1.62. The molecule has 0 spiro atoms. The zero-order chi connectivity index (χ0) is 20.2. The van der Waals surface area contributed by atoms with Crippen LogP contribution in [0.4, 0.5) is 0 Å². The van der Waals surface area contributed by atoms with E-state index in [2.05, 4.69) is 17.1 Å². The van der Waals surface area contributed by atoms with Gasteiger partial charge in [-0.05, 0) is 69.1 Å². The first-order valence-corrected chi connectivity index (χ1v) is 10.6. The van der Waals surface area contributed by atoms with Gasteiger partial charge in [-0.2, -0.15) is 0 Å². The van der Waals surface area contributed by atoms with Gasteiger partial charge in [-0.3, -0.25) is 9.59 Å². The topological polar surface area (TPSA) is 54.3 Å². The Hall–Kier alpha value is -2.66. The molecule has 0 saturated carbocycles. The zero-order valence-corrected chi connectivity index (χ0v) is 17.1. The van der Waals surface area contributed by atoms with E-state index in [0.29, 0.717) is 17.3 Å². The van der Waals surface area contributed by atoms with Crippen molar-refractivity contribution in [2.45, 2.75) is 32.7 Å². The van der Waals surface area contributed by atoms with Crippen molar-refractivity contribution in [1.82, 2.24) is 14.8 Å². The monoisotopic (exact) mass is 391 g/mol. The van der Waals surface area contributed by atoms with Gasteiger partial charge in [0.25, 0.3) is 0 Å². The molecule has 5 heteroatoms. The number of amides is 1. The van der Waals surface area contributed by atoms with Crippen LogP contribution in [0.3, 0.4) is 0 Å². The molecule has 29 heavy (non-hydrogen) atoms. The molecule has 2 aromatic carbocycles. The molecular formula is C24H29N3O2. The maximum absolute atomic E-state index is 12.8. The Morgan fingerprint density at radius 2 is 1.59 bits per heavy atom. The molecule has 152 valence electrons. The molecule has 1 amide bonds. The lowest BCUT2D eigenvalue weighted by molar-refractivity contribution is -0.121. The molecule has 4 rings (SSSR count). The van der Waals surface area contributed by atoms with Crippen molar-refractivity contribution in [3.05, 3.63) is 58.8 Å². The number of pyridine rings is 1. The SMILES string of the molecule is CC1CCN(CCCNC(=O)Cn2c3ccccc3c(=O)c3ccccc32)CC1. The molecule has 1 aromatic heterocycles. The van der Waals surface area contributed by atoms with Gasteiger partial charge >= 0.3 is 0 Å². The highest BCUT2D eigenvalue weighted by molar-refractivity contribution is 5.94. The maximum atomic E-state index is 12.8. The number of benzene rings is 2. The van der Waals surface area contributed by atoms with Crippen molar-refractivity contribution in [2.24, 2.45) is 5.92 Å². The highest BCUT2D eigenvalue weighted by Gasteiger charge is 2.15. The standard InChI is InChI=1S/C24H29N3O2/c1-18-11-15-26(16-12-18)14-6-13-25-23(28)17-27-21-9-4-2-7-19(21)24(29)20-8-3-5-10-22(20)27/h2-5,7-10,18H,6,11-17H2,1H3,(H,25,28). The Morgan fingerprint density at radius 1 is 1.00 bits per heavy atom. The lowest BCUT2D eigenvalue weighted by Crippen LogP contribution is -2.36. The molecule has 1 saturated heterocycles. The molecule has 3 aromatic rings.